The fourth-order valence-corrected chi connectivity index (χ4v) is 1.75. The first-order valence-corrected chi connectivity index (χ1v) is 5.07. The summed E-state index contributed by atoms with van der Waals surface area (Å²) in [6.45, 7) is 6.80. The van der Waals surface area contributed by atoms with Crippen molar-refractivity contribution >= 4 is 6.03 Å². The Morgan fingerprint density at radius 3 is 2.20 bits per heavy atom. The predicted molar refractivity (Wildman–Crippen MR) is 61.9 cm³/mol. The molecule has 0 fully saturated rings. The lowest BCUT2D eigenvalue weighted by Gasteiger charge is -2.12. The van der Waals surface area contributed by atoms with E-state index >= 15 is 0 Å². The quantitative estimate of drug-likeness (QED) is 0.764. The predicted octanol–water partition coefficient (Wildman–Crippen LogP) is 2.04. The number of amides is 2. The minimum absolute atomic E-state index is 0.144. The van der Waals surface area contributed by atoms with Crippen LogP contribution in [0, 0.1) is 20.8 Å². The van der Waals surface area contributed by atoms with E-state index in [4.69, 9.17) is 0 Å². The molecule has 0 aliphatic rings. The van der Waals surface area contributed by atoms with Crippen LogP contribution in [0.4, 0.5) is 4.79 Å². The molecule has 2 amide bonds. The SMILES string of the molecule is CNC(=O)NCc1c(C)cc(C)cc1C. The van der Waals surface area contributed by atoms with Crippen molar-refractivity contribution in [2.75, 3.05) is 7.05 Å². The maximum Gasteiger partial charge on any atom is 0.314 e. The van der Waals surface area contributed by atoms with Gasteiger partial charge in [0.2, 0.25) is 0 Å². The molecule has 1 rings (SSSR count). The number of hydrogen-bond acceptors (Lipinski definition) is 1. The average Bonchev–Trinajstić information content (AvgIpc) is 2.15. The van der Waals surface area contributed by atoms with Crippen LogP contribution in [0.1, 0.15) is 22.3 Å². The summed E-state index contributed by atoms with van der Waals surface area (Å²) in [6.07, 6.45) is 0. The molecule has 0 aliphatic carbocycles. The number of carbonyl (C=O) groups excluding carboxylic acids is 1. The summed E-state index contributed by atoms with van der Waals surface area (Å²) in [5.41, 5.74) is 4.91. The van der Waals surface area contributed by atoms with Gasteiger partial charge in [0, 0.05) is 13.6 Å². The molecule has 0 saturated heterocycles. The fraction of sp³-hybridized carbons (Fsp3) is 0.417. The number of urea groups is 1. The highest BCUT2D eigenvalue weighted by Crippen LogP contribution is 2.15. The number of benzene rings is 1. The van der Waals surface area contributed by atoms with Crippen LogP contribution in [0.5, 0.6) is 0 Å². The van der Waals surface area contributed by atoms with Crippen LogP contribution in [0.15, 0.2) is 12.1 Å². The van der Waals surface area contributed by atoms with Gasteiger partial charge in [0.05, 0.1) is 0 Å². The molecular formula is C12H18N2O. The summed E-state index contributed by atoms with van der Waals surface area (Å²) >= 11 is 0. The highest BCUT2D eigenvalue weighted by molar-refractivity contribution is 5.73. The number of rotatable bonds is 2. The zero-order valence-electron chi connectivity index (χ0n) is 9.77. The standard InChI is InChI=1S/C12H18N2O/c1-8-5-9(2)11(10(3)6-8)7-14-12(15)13-4/h5-6H,7H2,1-4H3,(H2,13,14,15). The molecule has 2 N–H and O–H groups in total. The average molecular weight is 206 g/mol. The minimum Gasteiger partial charge on any atom is -0.341 e. The molecule has 82 valence electrons. The second-order valence-electron chi connectivity index (χ2n) is 3.81. The Morgan fingerprint density at radius 1 is 1.20 bits per heavy atom. The lowest BCUT2D eigenvalue weighted by Crippen LogP contribution is -2.32. The maximum absolute atomic E-state index is 11.1. The molecule has 15 heavy (non-hydrogen) atoms. The number of aryl methyl sites for hydroxylation is 3. The van der Waals surface area contributed by atoms with Crippen LogP contribution in [-0.2, 0) is 6.54 Å². The van der Waals surface area contributed by atoms with E-state index < -0.39 is 0 Å². The van der Waals surface area contributed by atoms with Gasteiger partial charge in [-0.05, 0) is 37.5 Å². The zero-order valence-corrected chi connectivity index (χ0v) is 9.77. The largest absolute Gasteiger partial charge is 0.341 e. The van der Waals surface area contributed by atoms with E-state index in [1.54, 1.807) is 7.05 Å². The monoisotopic (exact) mass is 206 g/mol. The van der Waals surface area contributed by atoms with Gasteiger partial charge in [0.1, 0.15) is 0 Å². The molecule has 1 aromatic rings. The Labute approximate surface area is 90.9 Å². The van der Waals surface area contributed by atoms with Crippen molar-refractivity contribution in [3.05, 3.63) is 34.4 Å². The van der Waals surface area contributed by atoms with Crippen molar-refractivity contribution in [1.29, 1.82) is 0 Å². The number of hydrogen-bond donors (Lipinski definition) is 2. The first kappa shape index (κ1) is 11.6. The molecule has 0 heterocycles. The van der Waals surface area contributed by atoms with Gasteiger partial charge in [0.15, 0.2) is 0 Å². The molecule has 0 radical (unpaired) electrons. The van der Waals surface area contributed by atoms with Crippen molar-refractivity contribution in [2.45, 2.75) is 27.3 Å². The lowest BCUT2D eigenvalue weighted by atomic mass is 10.00. The van der Waals surface area contributed by atoms with Crippen LogP contribution in [0.2, 0.25) is 0 Å². The molecule has 0 atom stereocenters. The molecule has 0 spiro atoms. The highest BCUT2D eigenvalue weighted by Gasteiger charge is 2.04. The normalized spacial score (nSPS) is 9.87. The van der Waals surface area contributed by atoms with Crippen molar-refractivity contribution in [2.24, 2.45) is 0 Å². The summed E-state index contributed by atoms with van der Waals surface area (Å²) < 4.78 is 0. The molecule has 3 heteroatoms. The van der Waals surface area contributed by atoms with Gasteiger partial charge in [-0.1, -0.05) is 17.7 Å². The van der Waals surface area contributed by atoms with Gasteiger partial charge < -0.3 is 10.6 Å². The molecule has 1 aromatic carbocycles. The Hall–Kier alpha value is -1.51. The summed E-state index contributed by atoms with van der Waals surface area (Å²) in [5, 5.41) is 5.34. The fourth-order valence-electron chi connectivity index (χ4n) is 1.75. The van der Waals surface area contributed by atoms with Crippen LogP contribution >= 0.6 is 0 Å². The second kappa shape index (κ2) is 4.82. The molecule has 0 saturated carbocycles. The van der Waals surface area contributed by atoms with Gasteiger partial charge in [-0.3, -0.25) is 0 Å². The maximum atomic E-state index is 11.1. The first-order chi connectivity index (χ1) is 7.04. The topological polar surface area (TPSA) is 41.1 Å². The lowest BCUT2D eigenvalue weighted by molar-refractivity contribution is 0.242. The van der Waals surface area contributed by atoms with Crippen LogP contribution < -0.4 is 10.6 Å². The van der Waals surface area contributed by atoms with E-state index in [9.17, 15) is 4.79 Å². The van der Waals surface area contributed by atoms with Crippen LogP contribution in [0.25, 0.3) is 0 Å². The summed E-state index contributed by atoms with van der Waals surface area (Å²) in [7, 11) is 1.62. The Kier molecular flexibility index (Phi) is 3.72. The van der Waals surface area contributed by atoms with Gasteiger partial charge >= 0.3 is 6.03 Å². The molecule has 0 aromatic heterocycles. The summed E-state index contributed by atoms with van der Waals surface area (Å²) in [6, 6.07) is 4.12. The van der Waals surface area contributed by atoms with Crippen molar-refractivity contribution in [3.63, 3.8) is 0 Å². The van der Waals surface area contributed by atoms with Gasteiger partial charge in [-0.15, -0.1) is 0 Å². The van der Waals surface area contributed by atoms with E-state index in [1.807, 2.05) is 0 Å². The van der Waals surface area contributed by atoms with Crippen molar-refractivity contribution < 1.29 is 4.79 Å². The second-order valence-corrected chi connectivity index (χ2v) is 3.81. The zero-order chi connectivity index (χ0) is 11.4. The van der Waals surface area contributed by atoms with E-state index in [0.717, 1.165) is 0 Å². The molecular weight excluding hydrogens is 188 g/mol. The Balaban J connectivity index is 2.81. The highest BCUT2D eigenvalue weighted by atomic mass is 16.2. The number of carbonyl (C=O) groups is 1. The van der Waals surface area contributed by atoms with E-state index in [1.165, 1.54) is 22.3 Å². The first-order valence-electron chi connectivity index (χ1n) is 5.07. The van der Waals surface area contributed by atoms with Gasteiger partial charge in [-0.25, -0.2) is 4.79 Å². The van der Waals surface area contributed by atoms with Crippen LogP contribution in [0.3, 0.4) is 0 Å². The summed E-state index contributed by atoms with van der Waals surface area (Å²) in [4.78, 5) is 11.1. The molecule has 3 nitrogen and oxygen atoms in total. The Bertz CT molecular complexity index is 349. The van der Waals surface area contributed by atoms with E-state index in [2.05, 4.69) is 43.5 Å². The number of nitrogens with one attached hydrogen (secondary N) is 2. The third kappa shape index (κ3) is 2.98. The van der Waals surface area contributed by atoms with E-state index in [0.29, 0.717) is 6.54 Å². The van der Waals surface area contributed by atoms with Crippen molar-refractivity contribution in [3.8, 4) is 0 Å². The van der Waals surface area contributed by atoms with Gasteiger partial charge in [0.25, 0.3) is 0 Å². The third-order valence-electron chi connectivity index (χ3n) is 2.49. The third-order valence-corrected chi connectivity index (χ3v) is 2.49. The van der Waals surface area contributed by atoms with E-state index in [-0.39, 0.29) is 6.03 Å². The molecule has 0 bridgehead atoms. The molecule has 0 aliphatic heterocycles. The smallest absolute Gasteiger partial charge is 0.314 e. The van der Waals surface area contributed by atoms with Crippen LogP contribution in [-0.4, -0.2) is 13.1 Å². The van der Waals surface area contributed by atoms with Gasteiger partial charge in [-0.2, -0.15) is 0 Å². The Morgan fingerprint density at radius 2 is 1.73 bits per heavy atom. The van der Waals surface area contributed by atoms with Crippen molar-refractivity contribution in [1.82, 2.24) is 10.6 Å². The summed E-state index contributed by atoms with van der Waals surface area (Å²) in [5.74, 6) is 0. The molecule has 0 unspecified atom stereocenters. The minimum atomic E-state index is -0.144.